The van der Waals surface area contributed by atoms with Gasteiger partial charge < -0.3 is 5.73 Å². The molecule has 1 aromatic heterocycles. The molecule has 1 heterocycles. The Kier molecular flexibility index (Phi) is 1.77. The molecule has 0 aliphatic heterocycles. The van der Waals surface area contributed by atoms with Crippen molar-refractivity contribution in [1.82, 2.24) is 3.97 Å². The van der Waals surface area contributed by atoms with Gasteiger partial charge in [0.15, 0.2) is 0 Å². The van der Waals surface area contributed by atoms with Gasteiger partial charge in [-0.15, -0.1) is 0 Å². The molecule has 0 unspecified atom stereocenters. The monoisotopic (exact) mass is 192 g/mol. The van der Waals surface area contributed by atoms with Gasteiger partial charge in [-0.3, -0.25) is 8.77 Å². The van der Waals surface area contributed by atoms with Gasteiger partial charge in [0.25, 0.3) is 5.91 Å². The van der Waals surface area contributed by atoms with E-state index in [0.717, 1.165) is 10.9 Å². The topological polar surface area (TPSA) is 48.0 Å². The number of carbonyl (C=O) groups is 1. The third-order valence-corrected chi connectivity index (χ3v) is 2.37. The van der Waals surface area contributed by atoms with E-state index < -0.39 is 5.91 Å². The van der Waals surface area contributed by atoms with Crippen molar-refractivity contribution in [3.8, 4) is 0 Å². The highest BCUT2D eigenvalue weighted by Crippen LogP contribution is 2.19. The first-order chi connectivity index (χ1) is 6.20. The first-order valence-corrected chi connectivity index (χ1v) is 4.19. The predicted molar refractivity (Wildman–Crippen MR) is 54.8 cm³/mol. The first-order valence-electron chi connectivity index (χ1n) is 3.79. The number of benzene rings is 1. The number of para-hydroxylation sites is 1. The number of hydrogen-bond donors (Lipinski definition) is 2. The summed E-state index contributed by atoms with van der Waals surface area (Å²) in [5, 5.41) is 0.964. The van der Waals surface area contributed by atoms with Crippen molar-refractivity contribution in [2.75, 3.05) is 0 Å². The second-order valence-electron chi connectivity index (χ2n) is 2.76. The normalized spacial score (nSPS) is 10.5. The third kappa shape index (κ3) is 1.19. The van der Waals surface area contributed by atoms with E-state index in [2.05, 4.69) is 12.8 Å². The van der Waals surface area contributed by atoms with Gasteiger partial charge in [0.05, 0.1) is 5.52 Å². The molecule has 0 spiro atoms. The van der Waals surface area contributed by atoms with Gasteiger partial charge in [-0.1, -0.05) is 31.0 Å². The summed E-state index contributed by atoms with van der Waals surface area (Å²) in [5.74, 6) is -0.466. The molecule has 2 rings (SSSR count). The van der Waals surface area contributed by atoms with Crippen LogP contribution in [0.1, 0.15) is 10.5 Å². The molecule has 0 saturated carbocycles. The molecule has 2 N–H and O–H groups in total. The Hall–Kier alpha value is -1.42. The Balaban J connectivity index is 2.81. The highest BCUT2D eigenvalue weighted by Gasteiger charge is 2.09. The maximum atomic E-state index is 10.9. The van der Waals surface area contributed by atoms with Crippen LogP contribution in [-0.2, 0) is 0 Å². The number of nitrogens with two attached hydrogens (primary N) is 1. The van der Waals surface area contributed by atoms with Gasteiger partial charge >= 0.3 is 0 Å². The Labute approximate surface area is 80.7 Å². The molecule has 66 valence electrons. The average Bonchev–Trinajstić information content (AvgIpc) is 2.45. The van der Waals surface area contributed by atoms with Crippen LogP contribution in [0.15, 0.2) is 30.3 Å². The number of rotatable bonds is 1. The number of fused-ring (bicyclic) bond motifs is 1. The molecule has 0 aliphatic rings. The Bertz CT molecular complexity index is 475. The number of primary amides is 1. The van der Waals surface area contributed by atoms with Gasteiger partial charge in [-0.2, -0.15) is 0 Å². The van der Waals surface area contributed by atoms with Crippen LogP contribution >= 0.6 is 12.8 Å². The summed E-state index contributed by atoms with van der Waals surface area (Å²) in [6, 6.07) is 9.31. The lowest BCUT2D eigenvalue weighted by Crippen LogP contribution is -2.13. The molecule has 1 aromatic carbocycles. The highest BCUT2D eigenvalue weighted by molar-refractivity contribution is 7.78. The Morgan fingerprint density at radius 1 is 1.38 bits per heavy atom. The van der Waals surface area contributed by atoms with E-state index in [1.165, 1.54) is 3.97 Å². The molecule has 13 heavy (non-hydrogen) atoms. The lowest BCUT2D eigenvalue weighted by Gasteiger charge is -1.96. The van der Waals surface area contributed by atoms with Gasteiger partial charge in [0, 0.05) is 5.39 Å². The minimum absolute atomic E-state index is 0.407. The average molecular weight is 192 g/mol. The number of thiol groups is 1. The summed E-state index contributed by atoms with van der Waals surface area (Å²) >= 11 is 4.17. The maximum absolute atomic E-state index is 10.9. The SMILES string of the molecule is NC(=O)c1cc2ccccc2n1S. The van der Waals surface area contributed by atoms with Crippen molar-refractivity contribution in [2.45, 2.75) is 0 Å². The fraction of sp³-hybridized carbons (Fsp3) is 0. The van der Waals surface area contributed by atoms with E-state index in [1.807, 2.05) is 24.3 Å². The molecule has 0 radical (unpaired) electrons. The van der Waals surface area contributed by atoms with Crippen LogP contribution in [0, 0.1) is 0 Å². The second-order valence-corrected chi connectivity index (χ2v) is 3.16. The quantitative estimate of drug-likeness (QED) is 0.660. The molecular formula is C9H8N2OS. The molecule has 0 fully saturated rings. The van der Waals surface area contributed by atoms with E-state index in [0.29, 0.717) is 5.69 Å². The zero-order valence-electron chi connectivity index (χ0n) is 6.77. The number of carbonyl (C=O) groups excluding carboxylic acids is 1. The van der Waals surface area contributed by atoms with Gasteiger partial charge in [-0.05, 0) is 12.1 Å². The molecule has 1 amide bonds. The van der Waals surface area contributed by atoms with Crippen molar-refractivity contribution in [3.63, 3.8) is 0 Å². The molecular weight excluding hydrogens is 184 g/mol. The van der Waals surface area contributed by atoms with E-state index in [1.54, 1.807) is 6.07 Å². The van der Waals surface area contributed by atoms with Crippen LogP contribution in [0.5, 0.6) is 0 Å². The number of hydrogen-bond acceptors (Lipinski definition) is 2. The minimum atomic E-state index is -0.466. The van der Waals surface area contributed by atoms with Crippen LogP contribution < -0.4 is 5.73 Å². The Morgan fingerprint density at radius 3 is 2.69 bits per heavy atom. The molecule has 4 heteroatoms. The van der Waals surface area contributed by atoms with Crippen LogP contribution in [0.4, 0.5) is 0 Å². The second kappa shape index (κ2) is 2.81. The van der Waals surface area contributed by atoms with Crippen molar-refractivity contribution in [1.29, 1.82) is 0 Å². The fourth-order valence-corrected chi connectivity index (χ4v) is 1.65. The smallest absolute Gasteiger partial charge is 0.266 e. The Morgan fingerprint density at radius 2 is 2.08 bits per heavy atom. The van der Waals surface area contributed by atoms with Gasteiger partial charge in [0.2, 0.25) is 0 Å². The summed E-state index contributed by atoms with van der Waals surface area (Å²) in [6.45, 7) is 0. The van der Waals surface area contributed by atoms with E-state index in [9.17, 15) is 4.79 Å². The molecule has 0 saturated heterocycles. The number of amides is 1. The van der Waals surface area contributed by atoms with Crippen molar-refractivity contribution < 1.29 is 4.79 Å². The minimum Gasteiger partial charge on any atom is -0.364 e. The predicted octanol–water partition coefficient (Wildman–Crippen LogP) is 1.43. The van der Waals surface area contributed by atoms with E-state index >= 15 is 0 Å². The standard InChI is InChI=1S/C9H8N2OS/c10-9(12)8-5-6-3-1-2-4-7(6)11(8)13/h1-5,13H,(H2,10,12). The first kappa shape index (κ1) is 8.19. The van der Waals surface area contributed by atoms with Gasteiger partial charge in [0.1, 0.15) is 5.69 Å². The number of aromatic nitrogens is 1. The van der Waals surface area contributed by atoms with Crippen molar-refractivity contribution >= 4 is 29.6 Å². The zero-order chi connectivity index (χ0) is 9.42. The lowest BCUT2D eigenvalue weighted by molar-refractivity contribution is 0.0995. The van der Waals surface area contributed by atoms with Gasteiger partial charge in [-0.25, -0.2) is 0 Å². The maximum Gasteiger partial charge on any atom is 0.266 e. The van der Waals surface area contributed by atoms with E-state index in [4.69, 9.17) is 5.73 Å². The molecule has 0 bridgehead atoms. The third-order valence-electron chi connectivity index (χ3n) is 1.94. The van der Waals surface area contributed by atoms with Crippen LogP contribution in [0.3, 0.4) is 0 Å². The van der Waals surface area contributed by atoms with Crippen LogP contribution in [0.2, 0.25) is 0 Å². The molecule has 0 aliphatic carbocycles. The summed E-state index contributed by atoms with van der Waals surface area (Å²) in [5.41, 5.74) is 6.47. The zero-order valence-corrected chi connectivity index (χ0v) is 7.66. The highest BCUT2D eigenvalue weighted by atomic mass is 32.1. The molecule has 0 atom stereocenters. The molecule has 2 aromatic rings. The number of nitrogens with zero attached hydrogens (tertiary/aromatic N) is 1. The lowest BCUT2D eigenvalue weighted by atomic mass is 10.2. The summed E-state index contributed by atoms with van der Waals surface area (Å²) in [6.07, 6.45) is 0. The van der Waals surface area contributed by atoms with Crippen LogP contribution in [-0.4, -0.2) is 9.88 Å². The molecule has 3 nitrogen and oxygen atoms in total. The largest absolute Gasteiger partial charge is 0.364 e. The van der Waals surface area contributed by atoms with Crippen LogP contribution in [0.25, 0.3) is 10.9 Å². The summed E-state index contributed by atoms with van der Waals surface area (Å²) < 4.78 is 1.50. The van der Waals surface area contributed by atoms with Crippen molar-refractivity contribution in [3.05, 3.63) is 36.0 Å². The van der Waals surface area contributed by atoms with Crippen molar-refractivity contribution in [2.24, 2.45) is 5.73 Å². The fourth-order valence-electron chi connectivity index (χ4n) is 1.32. The summed E-state index contributed by atoms with van der Waals surface area (Å²) in [4.78, 5) is 10.9. The summed E-state index contributed by atoms with van der Waals surface area (Å²) in [7, 11) is 0. The van der Waals surface area contributed by atoms with E-state index in [-0.39, 0.29) is 0 Å².